The maximum Gasteiger partial charge on any atom is 0.250 e. The molecule has 1 atom stereocenters. The molecule has 0 radical (unpaired) electrons. The zero-order chi connectivity index (χ0) is 25.1. The SMILES string of the molecule is O=C(CN1C(=O)[C@@H]2CCCCN2c2ccc(S(=O)(=O)N3CCCCC3)cc21)NCCc1ccccc1. The first-order chi connectivity index (χ1) is 17.4. The van der Waals surface area contributed by atoms with E-state index in [1.54, 1.807) is 12.1 Å². The van der Waals surface area contributed by atoms with Crippen molar-refractivity contribution in [2.45, 2.75) is 55.9 Å². The number of nitrogens with zero attached hydrogens (tertiary/aromatic N) is 3. The summed E-state index contributed by atoms with van der Waals surface area (Å²) in [5, 5.41) is 2.93. The van der Waals surface area contributed by atoms with Gasteiger partial charge in [0.25, 0.3) is 0 Å². The predicted octanol–water partition coefficient (Wildman–Crippen LogP) is 2.93. The van der Waals surface area contributed by atoms with Crippen molar-refractivity contribution in [2.75, 3.05) is 42.5 Å². The predicted molar refractivity (Wildman–Crippen MR) is 140 cm³/mol. The molecule has 2 fully saturated rings. The van der Waals surface area contributed by atoms with Gasteiger partial charge in [-0.25, -0.2) is 8.42 Å². The molecule has 0 bridgehead atoms. The van der Waals surface area contributed by atoms with Gasteiger partial charge in [-0.2, -0.15) is 4.31 Å². The third kappa shape index (κ3) is 4.99. The van der Waals surface area contributed by atoms with E-state index in [4.69, 9.17) is 0 Å². The summed E-state index contributed by atoms with van der Waals surface area (Å²) in [6.45, 7) is 2.12. The van der Waals surface area contributed by atoms with Gasteiger partial charge in [0, 0.05) is 26.2 Å². The summed E-state index contributed by atoms with van der Waals surface area (Å²) in [6, 6.07) is 14.7. The van der Waals surface area contributed by atoms with E-state index in [-0.39, 0.29) is 29.3 Å². The topological polar surface area (TPSA) is 90.0 Å². The number of benzene rings is 2. The average molecular weight is 511 g/mol. The van der Waals surface area contributed by atoms with Gasteiger partial charge in [0.1, 0.15) is 12.6 Å². The lowest BCUT2D eigenvalue weighted by molar-refractivity contribution is -0.124. The fraction of sp³-hybridized carbons (Fsp3) is 0.481. The van der Waals surface area contributed by atoms with Crippen molar-refractivity contribution in [1.29, 1.82) is 0 Å². The Bertz CT molecular complexity index is 1210. The quantitative estimate of drug-likeness (QED) is 0.619. The molecule has 5 rings (SSSR count). The largest absolute Gasteiger partial charge is 0.358 e. The van der Waals surface area contributed by atoms with Gasteiger partial charge >= 0.3 is 0 Å². The molecular formula is C27H34N4O4S. The van der Waals surface area contributed by atoms with Gasteiger partial charge in [-0.3, -0.25) is 14.5 Å². The number of anilines is 2. The van der Waals surface area contributed by atoms with E-state index in [1.807, 2.05) is 36.4 Å². The van der Waals surface area contributed by atoms with E-state index in [0.29, 0.717) is 31.7 Å². The molecule has 192 valence electrons. The highest BCUT2D eigenvalue weighted by Crippen LogP contribution is 2.41. The normalized spacial score (nSPS) is 20.6. The van der Waals surface area contributed by atoms with Crippen LogP contribution in [0.2, 0.25) is 0 Å². The lowest BCUT2D eigenvalue weighted by Crippen LogP contribution is -2.57. The Kier molecular flexibility index (Phi) is 7.29. The second-order valence-electron chi connectivity index (χ2n) is 9.83. The molecule has 0 aliphatic carbocycles. The molecule has 3 aliphatic heterocycles. The molecule has 36 heavy (non-hydrogen) atoms. The Labute approximate surface area is 213 Å². The van der Waals surface area contributed by atoms with Gasteiger partial charge in [-0.15, -0.1) is 0 Å². The monoisotopic (exact) mass is 510 g/mol. The second kappa shape index (κ2) is 10.6. The molecule has 0 saturated carbocycles. The van der Waals surface area contributed by atoms with Crippen LogP contribution < -0.4 is 15.1 Å². The molecule has 2 saturated heterocycles. The van der Waals surface area contributed by atoms with Crippen LogP contribution in [0.1, 0.15) is 44.1 Å². The average Bonchev–Trinajstić information content (AvgIpc) is 2.92. The van der Waals surface area contributed by atoms with E-state index < -0.39 is 10.0 Å². The number of amides is 2. The van der Waals surface area contributed by atoms with Crippen LogP contribution >= 0.6 is 0 Å². The number of fused-ring (bicyclic) bond motifs is 3. The molecule has 2 aromatic rings. The van der Waals surface area contributed by atoms with Crippen molar-refractivity contribution in [3.8, 4) is 0 Å². The molecular weight excluding hydrogens is 476 g/mol. The molecule has 1 N–H and O–H groups in total. The molecule has 9 heteroatoms. The fourth-order valence-corrected chi connectivity index (χ4v) is 7.04. The summed E-state index contributed by atoms with van der Waals surface area (Å²) in [5.74, 6) is -0.383. The number of sulfonamides is 1. The van der Waals surface area contributed by atoms with Gasteiger partial charge in [-0.05, 0) is 62.3 Å². The number of carbonyl (C=O) groups is 2. The van der Waals surface area contributed by atoms with Gasteiger partial charge < -0.3 is 10.2 Å². The number of carbonyl (C=O) groups excluding carboxylic acids is 2. The van der Waals surface area contributed by atoms with E-state index in [2.05, 4.69) is 10.2 Å². The summed E-state index contributed by atoms with van der Waals surface area (Å²) in [6.07, 6.45) is 6.12. The highest BCUT2D eigenvalue weighted by atomic mass is 32.2. The highest BCUT2D eigenvalue weighted by Gasteiger charge is 2.41. The van der Waals surface area contributed by atoms with Crippen LogP contribution in [0.25, 0.3) is 0 Å². The van der Waals surface area contributed by atoms with Crippen LogP contribution in [0, 0.1) is 0 Å². The van der Waals surface area contributed by atoms with Crippen molar-refractivity contribution in [3.63, 3.8) is 0 Å². The first-order valence-electron chi connectivity index (χ1n) is 13.0. The zero-order valence-corrected chi connectivity index (χ0v) is 21.4. The second-order valence-corrected chi connectivity index (χ2v) is 11.8. The molecule has 2 amide bonds. The Morgan fingerprint density at radius 2 is 1.67 bits per heavy atom. The first-order valence-corrected chi connectivity index (χ1v) is 14.4. The molecule has 2 aromatic carbocycles. The van der Waals surface area contributed by atoms with Crippen molar-refractivity contribution in [3.05, 3.63) is 54.1 Å². The maximum atomic E-state index is 13.6. The van der Waals surface area contributed by atoms with Crippen LogP contribution in [0.4, 0.5) is 11.4 Å². The number of piperidine rings is 2. The van der Waals surface area contributed by atoms with Crippen molar-refractivity contribution in [1.82, 2.24) is 9.62 Å². The van der Waals surface area contributed by atoms with Crippen molar-refractivity contribution >= 4 is 33.2 Å². The van der Waals surface area contributed by atoms with Crippen LogP contribution in [0.15, 0.2) is 53.4 Å². The number of rotatable bonds is 7. The lowest BCUT2D eigenvalue weighted by Gasteiger charge is -2.45. The van der Waals surface area contributed by atoms with E-state index >= 15 is 0 Å². The summed E-state index contributed by atoms with van der Waals surface area (Å²) < 4.78 is 28.3. The maximum absolute atomic E-state index is 13.6. The summed E-state index contributed by atoms with van der Waals surface area (Å²) >= 11 is 0. The minimum absolute atomic E-state index is 0.127. The van der Waals surface area contributed by atoms with Crippen LogP contribution in [-0.2, 0) is 26.0 Å². The number of hydrogen-bond acceptors (Lipinski definition) is 5. The summed E-state index contributed by atoms with van der Waals surface area (Å²) in [5.41, 5.74) is 2.46. The molecule has 0 spiro atoms. The van der Waals surface area contributed by atoms with Crippen molar-refractivity contribution in [2.24, 2.45) is 0 Å². The summed E-state index contributed by atoms with van der Waals surface area (Å²) in [7, 11) is -3.66. The Hall–Kier alpha value is -2.91. The molecule has 0 aromatic heterocycles. The Morgan fingerprint density at radius 3 is 2.44 bits per heavy atom. The number of hydrogen-bond donors (Lipinski definition) is 1. The van der Waals surface area contributed by atoms with Gasteiger partial charge in [-0.1, -0.05) is 36.8 Å². The molecule has 3 aliphatic rings. The van der Waals surface area contributed by atoms with E-state index in [0.717, 1.165) is 56.3 Å². The third-order valence-corrected chi connectivity index (χ3v) is 9.33. The van der Waals surface area contributed by atoms with Crippen LogP contribution in [0.3, 0.4) is 0 Å². The molecule has 0 unspecified atom stereocenters. The first kappa shape index (κ1) is 24.8. The lowest BCUT2D eigenvalue weighted by atomic mass is 9.96. The highest BCUT2D eigenvalue weighted by molar-refractivity contribution is 7.89. The van der Waals surface area contributed by atoms with Gasteiger partial charge in [0.2, 0.25) is 21.8 Å². The van der Waals surface area contributed by atoms with Crippen LogP contribution in [-0.4, -0.2) is 63.3 Å². The minimum Gasteiger partial charge on any atom is -0.358 e. The molecule has 8 nitrogen and oxygen atoms in total. The Morgan fingerprint density at radius 1 is 0.917 bits per heavy atom. The minimum atomic E-state index is -3.66. The molecule has 3 heterocycles. The van der Waals surface area contributed by atoms with E-state index in [9.17, 15) is 18.0 Å². The standard InChI is InChI=1S/C27H34N4O4S/c32-26(28-15-14-21-9-3-1-4-10-21)20-31-25-19-22(36(34,35)29-16-6-2-7-17-29)12-13-23(25)30-18-8-5-11-24(30)27(31)33/h1,3-4,9-10,12-13,19,24H,2,5-8,11,14-18,20H2,(H,28,32)/t24-/m0/s1. The van der Waals surface area contributed by atoms with Gasteiger partial charge in [0.15, 0.2) is 0 Å². The van der Waals surface area contributed by atoms with Gasteiger partial charge in [0.05, 0.1) is 16.3 Å². The zero-order valence-electron chi connectivity index (χ0n) is 20.6. The van der Waals surface area contributed by atoms with Crippen LogP contribution in [0.5, 0.6) is 0 Å². The smallest absolute Gasteiger partial charge is 0.250 e. The Balaban J connectivity index is 1.39. The van der Waals surface area contributed by atoms with Crippen molar-refractivity contribution < 1.29 is 18.0 Å². The summed E-state index contributed by atoms with van der Waals surface area (Å²) in [4.78, 5) is 30.2. The fourth-order valence-electron chi connectivity index (χ4n) is 5.51. The third-order valence-electron chi connectivity index (χ3n) is 7.43. The van der Waals surface area contributed by atoms with E-state index in [1.165, 1.54) is 9.21 Å². The number of nitrogens with one attached hydrogen (secondary N) is 1.